The number of aliphatic hydroxyl groups is 1. The third-order valence-electron chi connectivity index (χ3n) is 0.968. The highest BCUT2D eigenvalue weighted by Gasteiger charge is 1.94. The minimum atomic E-state index is -0.211. The summed E-state index contributed by atoms with van der Waals surface area (Å²) in [5, 5.41) is 8.06. The van der Waals surface area contributed by atoms with Crippen LogP contribution in [-0.4, -0.2) is 36.4 Å². The fraction of sp³-hybridized carbons (Fsp3) is 0.846. The lowest BCUT2D eigenvalue weighted by atomic mass is 10.2. The zero-order valence-corrected chi connectivity index (χ0v) is 12.6. The summed E-state index contributed by atoms with van der Waals surface area (Å²) >= 11 is 0. The van der Waals surface area contributed by atoms with Crippen LogP contribution in [0.25, 0.3) is 0 Å². The fourth-order valence-corrected chi connectivity index (χ4v) is 0.487. The van der Waals surface area contributed by atoms with Crippen molar-refractivity contribution in [1.29, 1.82) is 0 Å². The van der Waals surface area contributed by atoms with E-state index < -0.39 is 0 Å². The van der Waals surface area contributed by atoms with Gasteiger partial charge in [-0.1, -0.05) is 13.8 Å². The molecule has 0 amide bonds. The first-order valence-electron chi connectivity index (χ1n) is 6.08. The van der Waals surface area contributed by atoms with E-state index in [4.69, 9.17) is 5.11 Å². The molecule has 18 heavy (non-hydrogen) atoms. The van der Waals surface area contributed by atoms with Gasteiger partial charge in [-0.15, -0.1) is 0 Å². The summed E-state index contributed by atoms with van der Waals surface area (Å²) in [6, 6.07) is 0. The first-order valence-corrected chi connectivity index (χ1v) is 6.08. The van der Waals surface area contributed by atoms with Gasteiger partial charge in [0, 0.05) is 20.0 Å². The molecule has 0 saturated heterocycles. The van der Waals surface area contributed by atoms with Crippen molar-refractivity contribution < 1.29 is 24.2 Å². The number of rotatable bonds is 3. The molecule has 0 saturated carbocycles. The molecular weight excluding hydrogens is 236 g/mol. The van der Waals surface area contributed by atoms with Gasteiger partial charge < -0.3 is 14.6 Å². The van der Waals surface area contributed by atoms with E-state index in [1.165, 1.54) is 13.8 Å². The number of carbonyl (C=O) groups excluding carboxylic acids is 2. The van der Waals surface area contributed by atoms with E-state index in [1.54, 1.807) is 20.8 Å². The number of aliphatic hydroxyl groups excluding tert-OH is 1. The minimum absolute atomic E-state index is 0.167. The monoisotopic (exact) mass is 264 g/mol. The Kier molecular flexibility index (Phi) is 19.5. The minimum Gasteiger partial charge on any atom is -0.466 e. The molecule has 0 atom stereocenters. The van der Waals surface area contributed by atoms with Crippen molar-refractivity contribution >= 4 is 11.9 Å². The lowest BCUT2D eigenvalue weighted by molar-refractivity contribution is -0.142. The van der Waals surface area contributed by atoms with Gasteiger partial charge in [-0.05, 0) is 26.7 Å². The molecule has 5 nitrogen and oxygen atoms in total. The Morgan fingerprint density at radius 3 is 1.39 bits per heavy atom. The third-order valence-corrected chi connectivity index (χ3v) is 0.968. The average molecular weight is 264 g/mol. The molecule has 0 heterocycles. The molecule has 5 heteroatoms. The Hall–Kier alpha value is -1.10. The van der Waals surface area contributed by atoms with Gasteiger partial charge in [0.15, 0.2) is 0 Å². The first-order chi connectivity index (χ1) is 8.13. The van der Waals surface area contributed by atoms with Gasteiger partial charge in [0.1, 0.15) is 0 Å². The summed E-state index contributed by atoms with van der Waals surface area (Å²) in [6.45, 7) is 13.1. The number of hydrogen-bond acceptors (Lipinski definition) is 5. The van der Waals surface area contributed by atoms with Crippen LogP contribution in [-0.2, 0) is 19.1 Å². The predicted octanol–water partition coefficient (Wildman–Crippen LogP) is 2.16. The van der Waals surface area contributed by atoms with Crippen LogP contribution in [0.2, 0.25) is 0 Å². The van der Waals surface area contributed by atoms with E-state index in [1.807, 2.05) is 13.8 Å². The number of carbonyl (C=O) groups is 2. The summed E-state index contributed by atoms with van der Waals surface area (Å²) in [7, 11) is 0. The molecule has 0 aromatic heterocycles. The lowest BCUT2D eigenvalue weighted by Crippen LogP contribution is -2.05. The second kappa shape index (κ2) is 15.9. The predicted molar refractivity (Wildman–Crippen MR) is 71.1 cm³/mol. The van der Waals surface area contributed by atoms with Crippen LogP contribution in [0.15, 0.2) is 0 Å². The lowest BCUT2D eigenvalue weighted by Gasteiger charge is -2.02. The SMILES string of the molecule is CC(=O)OCC(C)C.CC(C)O.CCOC(C)=O. The Labute approximate surface area is 110 Å². The van der Waals surface area contributed by atoms with Crippen LogP contribution in [0.3, 0.4) is 0 Å². The normalized spacial score (nSPS) is 8.78. The number of ether oxygens (including phenoxy) is 2. The van der Waals surface area contributed by atoms with Gasteiger partial charge in [0.05, 0.1) is 13.2 Å². The summed E-state index contributed by atoms with van der Waals surface area (Å²) in [4.78, 5) is 19.9. The van der Waals surface area contributed by atoms with E-state index in [0.717, 1.165) is 0 Å². The van der Waals surface area contributed by atoms with Crippen molar-refractivity contribution in [1.82, 2.24) is 0 Å². The first kappa shape index (κ1) is 22.1. The molecule has 0 aliphatic carbocycles. The Morgan fingerprint density at radius 1 is 1.00 bits per heavy atom. The summed E-state index contributed by atoms with van der Waals surface area (Å²) in [5.74, 6) is 0.0371. The molecule has 0 aliphatic heterocycles. The summed E-state index contributed by atoms with van der Waals surface area (Å²) < 4.78 is 9.07. The highest BCUT2D eigenvalue weighted by Crippen LogP contribution is 1.91. The molecule has 0 aromatic rings. The van der Waals surface area contributed by atoms with Gasteiger partial charge in [-0.25, -0.2) is 0 Å². The molecule has 110 valence electrons. The molecule has 0 rings (SSSR count). The van der Waals surface area contributed by atoms with Crippen LogP contribution < -0.4 is 0 Å². The van der Waals surface area contributed by atoms with Crippen molar-refractivity contribution in [3.63, 3.8) is 0 Å². The zero-order valence-electron chi connectivity index (χ0n) is 12.6. The van der Waals surface area contributed by atoms with Crippen LogP contribution >= 0.6 is 0 Å². The second-order valence-corrected chi connectivity index (χ2v) is 4.21. The Balaban J connectivity index is -0.000000200. The standard InChI is InChI=1S/C6H12O2.C4H8O2.C3H8O/c1-5(2)4-8-6(3)7;1-3-6-4(2)5;1-3(2)4/h5H,4H2,1-3H3;3H2,1-2H3;3-4H,1-2H3. The van der Waals surface area contributed by atoms with Gasteiger partial charge in [0.2, 0.25) is 0 Å². The fourth-order valence-electron chi connectivity index (χ4n) is 0.487. The maximum Gasteiger partial charge on any atom is 0.302 e. The van der Waals surface area contributed by atoms with Crippen molar-refractivity contribution in [2.45, 2.75) is 54.6 Å². The van der Waals surface area contributed by atoms with Crippen LogP contribution in [0.1, 0.15) is 48.5 Å². The molecular formula is C13H28O5. The zero-order chi connectivity index (χ0) is 15.1. The van der Waals surface area contributed by atoms with E-state index in [-0.39, 0.29) is 18.0 Å². The maximum absolute atomic E-state index is 10.1. The van der Waals surface area contributed by atoms with E-state index in [9.17, 15) is 9.59 Å². The molecule has 0 radical (unpaired) electrons. The average Bonchev–Trinajstić information content (AvgIpc) is 2.14. The topological polar surface area (TPSA) is 72.8 Å². The van der Waals surface area contributed by atoms with E-state index in [2.05, 4.69) is 9.47 Å². The second-order valence-electron chi connectivity index (χ2n) is 4.21. The molecule has 0 unspecified atom stereocenters. The maximum atomic E-state index is 10.1. The molecule has 0 bridgehead atoms. The van der Waals surface area contributed by atoms with Crippen LogP contribution in [0.4, 0.5) is 0 Å². The molecule has 0 fully saturated rings. The Morgan fingerprint density at radius 2 is 1.33 bits per heavy atom. The van der Waals surface area contributed by atoms with Gasteiger partial charge >= 0.3 is 11.9 Å². The molecule has 1 N–H and O–H groups in total. The molecule has 0 aromatic carbocycles. The summed E-state index contributed by atoms with van der Waals surface area (Å²) in [5.41, 5.74) is 0. The quantitative estimate of drug-likeness (QED) is 0.791. The highest BCUT2D eigenvalue weighted by molar-refractivity contribution is 5.66. The Bertz CT molecular complexity index is 197. The van der Waals surface area contributed by atoms with Gasteiger partial charge in [-0.3, -0.25) is 9.59 Å². The van der Waals surface area contributed by atoms with Crippen LogP contribution in [0, 0.1) is 5.92 Å². The smallest absolute Gasteiger partial charge is 0.302 e. The number of esters is 2. The van der Waals surface area contributed by atoms with Crippen molar-refractivity contribution in [2.24, 2.45) is 5.92 Å². The molecule has 0 aliphatic rings. The van der Waals surface area contributed by atoms with Crippen LogP contribution in [0.5, 0.6) is 0 Å². The largest absolute Gasteiger partial charge is 0.466 e. The van der Waals surface area contributed by atoms with Crippen molar-refractivity contribution in [2.75, 3.05) is 13.2 Å². The molecule has 0 spiro atoms. The van der Waals surface area contributed by atoms with Crippen molar-refractivity contribution in [3.8, 4) is 0 Å². The van der Waals surface area contributed by atoms with Crippen molar-refractivity contribution in [3.05, 3.63) is 0 Å². The highest BCUT2D eigenvalue weighted by atomic mass is 16.5. The third kappa shape index (κ3) is 60.5. The van der Waals surface area contributed by atoms with E-state index >= 15 is 0 Å². The summed E-state index contributed by atoms with van der Waals surface area (Å²) in [6.07, 6.45) is -0.167. The van der Waals surface area contributed by atoms with Gasteiger partial charge in [-0.2, -0.15) is 0 Å². The van der Waals surface area contributed by atoms with E-state index in [0.29, 0.717) is 19.1 Å². The van der Waals surface area contributed by atoms with Gasteiger partial charge in [0.25, 0.3) is 0 Å². The number of hydrogen-bond donors (Lipinski definition) is 1.